The van der Waals surface area contributed by atoms with Crippen LogP contribution in [0.4, 0.5) is 30.7 Å². The zero-order chi connectivity index (χ0) is 63.1. The van der Waals surface area contributed by atoms with Gasteiger partial charge < -0.3 is 18.6 Å². The number of ether oxygens (including phenoxy) is 2. The molecule has 13 nitrogen and oxygen atoms in total. The average molecular weight is 1280 g/mol. The van der Waals surface area contributed by atoms with E-state index in [0.29, 0.717) is 35.5 Å². The first kappa shape index (κ1) is 72.2. The Morgan fingerprint density at radius 2 is 0.736 bits per heavy atom. The van der Waals surface area contributed by atoms with Crippen LogP contribution >= 0.6 is 0 Å². The van der Waals surface area contributed by atoms with Crippen LogP contribution in [0.15, 0.2) is 170 Å². The zero-order valence-corrected chi connectivity index (χ0v) is 52.4. The summed E-state index contributed by atoms with van der Waals surface area (Å²) in [5.74, 6) is 1.36. The van der Waals surface area contributed by atoms with Gasteiger partial charge in [0.25, 0.3) is 0 Å². The van der Waals surface area contributed by atoms with E-state index in [1.807, 2.05) is 0 Å². The molecule has 0 radical (unpaired) electrons. The normalized spacial score (nSPS) is 19.6. The fourth-order valence-corrected chi connectivity index (χ4v) is 11.9. The number of esters is 2. The van der Waals surface area contributed by atoms with Gasteiger partial charge in [0.2, 0.25) is 0 Å². The van der Waals surface area contributed by atoms with Crippen molar-refractivity contribution in [2.24, 2.45) is 35.5 Å². The van der Waals surface area contributed by atoms with Crippen molar-refractivity contribution in [2.75, 3.05) is 13.2 Å². The summed E-state index contributed by atoms with van der Waals surface area (Å²) in [6.07, 6.45) is 8.46. The molecule has 0 spiro atoms. The van der Waals surface area contributed by atoms with Gasteiger partial charge in [0, 0.05) is 24.7 Å². The van der Waals surface area contributed by atoms with E-state index < -0.39 is 71.5 Å². The molecule has 0 heterocycles. The van der Waals surface area contributed by atoms with Gasteiger partial charge in [-0.05, 0) is 121 Å². The van der Waals surface area contributed by atoms with Crippen molar-refractivity contribution in [3.8, 4) is 0 Å². The molecule has 6 unspecified atom stereocenters. The minimum atomic E-state index is -6.09. The fourth-order valence-electron chi connectivity index (χ4n) is 11.5. The largest absolute Gasteiger partial charge is 1.00 e. The summed E-state index contributed by atoms with van der Waals surface area (Å²) in [4.78, 5) is 22.8. The molecule has 6 aromatic rings. The smallest absolute Gasteiger partial charge is 0.743 e. The number of hydrogen-bond acceptors (Lipinski definition) is 12. The van der Waals surface area contributed by atoms with Crippen molar-refractivity contribution in [3.05, 3.63) is 214 Å². The summed E-state index contributed by atoms with van der Waals surface area (Å²) >= 11 is 0. The SMILES string of the molecule is Cc1ccc(C(c2ccccc2)c2ccccc2)cc1.Cc1ccc(C(c2ccccc2)c2ccccc2)cc1.O=C(CC1CC2CCC1C2)OCC(F)(F)S(=O)(=O)O.O=C(CC1CC2CCC1C2)OCC(F)(F)S(=O)(=O)[O-].O=S(=O)([O-])C(F)(F)F.[Na+]. The van der Waals surface area contributed by atoms with Crippen LogP contribution in [0.25, 0.3) is 0 Å². The second-order valence-corrected chi connectivity index (χ2v) is 26.5. The van der Waals surface area contributed by atoms with E-state index in [1.165, 1.54) is 44.5 Å². The first-order valence-corrected chi connectivity index (χ1v) is 31.9. The van der Waals surface area contributed by atoms with Crippen molar-refractivity contribution in [1.82, 2.24) is 0 Å². The third-order valence-electron chi connectivity index (χ3n) is 15.8. The van der Waals surface area contributed by atoms with E-state index in [9.17, 15) is 61.7 Å². The number of halogens is 7. The second-order valence-electron chi connectivity index (χ2n) is 22.0. The van der Waals surface area contributed by atoms with Crippen LogP contribution in [-0.4, -0.2) is 80.1 Å². The molecule has 4 bridgehead atoms. The molecule has 24 heteroatoms. The summed E-state index contributed by atoms with van der Waals surface area (Å²) < 4.78 is 178. The summed E-state index contributed by atoms with van der Waals surface area (Å²) in [5.41, 5.74) is 4.98. The van der Waals surface area contributed by atoms with Crippen LogP contribution < -0.4 is 29.6 Å². The number of fused-ring (bicyclic) bond motifs is 4. The Balaban J connectivity index is 0.000000202. The summed E-state index contributed by atoms with van der Waals surface area (Å²) in [6, 6.07) is 60.5. The van der Waals surface area contributed by atoms with Crippen molar-refractivity contribution >= 4 is 42.3 Å². The molecule has 4 fully saturated rings. The topological polar surface area (TPSA) is 221 Å². The maximum atomic E-state index is 12.8. The van der Waals surface area contributed by atoms with Crippen molar-refractivity contribution in [2.45, 2.75) is 106 Å². The van der Waals surface area contributed by atoms with Crippen LogP contribution in [-0.2, 0) is 49.4 Å². The number of benzene rings is 6. The number of aryl methyl sites for hydroxylation is 2. The second kappa shape index (κ2) is 31.8. The number of hydrogen-bond donors (Lipinski definition) is 1. The predicted molar refractivity (Wildman–Crippen MR) is 306 cm³/mol. The molecule has 6 atom stereocenters. The first-order chi connectivity index (χ1) is 40.3. The van der Waals surface area contributed by atoms with Gasteiger partial charge in [-0.2, -0.15) is 39.2 Å². The molecular weight excluding hydrogens is 1220 g/mol. The monoisotopic (exact) mass is 1280 g/mol. The van der Waals surface area contributed by atoms with Crippen LogP contribution in [0, 0.1) is 49.4 Å². The Morgan fingerprint density at radius 1 is 0.460 bits per heavy atom. The Hall–Kier alpha value is -5.50. The number of carbonyl (C=O) groups excluding carboxylic acids is 2. The molecule has 0 amide bonds. The van der Waals surface area contributed by atoms with Gasteiger partial charge in [0.15, 0.2) is 33.5 Å². The third-order valence-corrected chi connectivity index (χ3v) is 18.1. The van der Waals surface area contributed by atoms with Gasteiger partial charge in [-0.3, -0.25) is 14.1 Å². The minimum Gasteiger partial charge on any atom is -0.743 e. The van der Waals surface area contributed by atoms with E-state index in [2.05, 4.69) is 193 Å². The Morgan fingerprint density at radius 3 is 0.966 bits per heavy atom. The summed E-state index contributed by atoms with van der Waals surface area (Å²) in [7, 11) is -17.4. The van der Waals surface area contributed by atoms with E-state index in [0.717, 1.165) is 51.4 Å². The van der Waals surface area contributed by atoms with E-state index in [4.69, 9.17) is 17.5 Å². The van der Waals surface area contributed by atoms with Crippen LogP contribution in [0.2, 0.25) is 0 Å². The minimum absolute atomic E-state index is 0. The van der Waals surface area contributed by atoms with Crippen molar-refractivity contribution in [3.63, 3.8) is 0 Å². The Kier molecular flexibility index (Phi) is 26.4. The molecule has 0 aliphatic heterocycles. The van der Waals surface area contributed by atoms with Crippen molar-refractivity contribution < 1.29 is 118 Å². The zero-order valence-electron chi connectivity index (χ0n) is 48.0. The third kappa shape index (κ3) is 21.6. The van der Waals surface area contributed by atoms with E-state index in [1.54, 1.807) is 0 Å². The van der Waals surface area contributed by atoms with Gasteiger partial charge in [0.05, 0.1) is 0 Å². The molecule has 6 aromatic carbocycles. The van der Waals surface area contributed by atoms with E-state index in [-0.39, 0.29) is 54.2 Å². The Bertz CT molecular complexity index is 3170. The quantitative estimate of drug-likeness (QED) is 0.0238. The van der Waals surface area contributed by atoms with Crippen molar-refractivity contribution in [1.29, 1.82) is 0 Å². The molecular formula is C63H67F7NaO13S3-. The molecule has 1 N–H and O–H groups in total. The standard InChI is InChI=1S/2C20H18.2C11H16F2O5S.CHF3O3S.Na/c2*1-16-12-14-19(15-13-16)20(17-8-4-2-5-9-17)18-10-6-3-7-11-18;2*12-11(13,19(15,16)17)6-18-10(14)5-9-4-7-1-2-8(9)3-7;2-1(3,4)8(5,6)7;/h2*2-15,20H,1H3;2*7-9H,1-6H2,(H,15,16,17);(H,5,6,7);/q;;;;;+1/p-2. The molecule has 87 heavy (non-hydrogen) atoms. The number of alkyl halides is 7. The molecule has 0 saturated heterocycles. The number of rotatable bonds is 16. The number of carbonyl (C=O) groups is 2. The van der Waals surface area contributed by atoms with Gasteiger partial charge in [-0.15, -0.1) is 0 Å². The molecule has 4 saturated carbocycles. The average Bonchev–Trinajstić information content (AvgIpc) is 4.23. The van der Waals surface area contributed by atoms with Crippen LogP contribution in [0.5, 0.6) is 0 Å². The van der Waals surface area contributed by atoms with Crippen LogP contribution in [0.1, 0.15) is 121 Å². The summed E-state index contributed by atoms with van der Waals surface area (Å²) in [6.45, 7) is 0.928. The molecule has 4 aliphatic rings. The molecule has 10 rings (SSSR count). The van der Waals surface area contributed by atoms with E-state index >= 15 is 0 Å². The molecule has 4 aliphatic carbocycles. The summed E-state index contributed by atoms with van der Waals surface area (Å²) in [5, 5.41) is -9.01. The molecule has 0 aromatic heterocycles. The van der Waals surface area contributed by atoms with Gasteiger partial charge in [-0.25, -0.2) is 16.8 Å². The maximum absolute atomic E-state index is 12.8. The molecule has 466 valence electrons. The fraction of sp³-hybridized carbons (Fsp3) is 0.397. The van der Waals surface area contributed by atoms with Crippen LogP contribution in [0.3, 0.4) is 0 Å². The maximum Gasteiger partial charge on any atom is 1.00 e. The van der Waals surface area contributed by atoms with Gasteiger partial charge in [-0.1, -0.05) is 194 Å². The Labute approximate surface area is 526 Å². The predicted octanol–water partition coefficient (Wildman–Crippen LogP) is 10.7. The van der Waals surface area contributed by atoms with Gasteiger partial charge >= 0.3 is 67.6 Å². The first-order valence-electron chi connectivity index (χ1n) is 27.7. The van der Waals surface area contributed by atoms with Gasteiger partial charge in [0.1, 0.15) is 0 Å².